The summed E-state index contributed by atoms with van der Waals surface area (Å²) in [5, 5.41) is 4.04. The third-order valence-corrected chi connectivity index (χ3v) is 6.77. The minimum atomic E-state index is -3.62. The number of amides is 1. The Hall–Kier alpha value is -2.39. The number of likely N-dealkylation sites (tertiary alicyclic amines) is 1. The number of hydrogen-bond acceptors (Lipinski definition) is 5. The minimum Gasteiger partial charge on any atom is -0.483 e. The van der Waals surface area contributed by atoms with Crippen LogP contribution < -0.4 is 4.74 Å². The van der Waals surface area contributed by atoms with Crippen molar-refractivity contribution >= 4 is 15.9 Å². The fourth-order valence-corrected chi connectivity index (χ4v) is 4.97. The van der Waals surface area contributed by atoms with Crippen molar-refractivity contribution in [2.24, 2.45) is 7.05 Å². The van der Waals surface area contributed by atoms with Crippen LogP contribution in [-0.2, 0) is 17.1 Å². The normalized spacial score (nSPS) is 24.9. The molecule has 0 unspecified atom stereocenters. The van der Waals surface area contributed by atoms with Gasteiger partial charge >= 0.3 is 0 Å². The van der Waals surface area contributed by atoms with Gasteiger partial charge in [-0.05, 0) is 12.1 Å². The van der Waals surface area contributed by atoms with Crippen molar-refractivity contribution in [1.29, 1.82) is 0 Å². The summed E-state index contributed by atoms with van der Waals surface area (Å²) >= 11 is 0. The predicted octanol–water partition coefficient (Wildman–Crippen LogP) is 0.718. The summed E-state index contributed by atoms with van der Waals surface area (Å²) in [6.07, 6.45) is 3.77. The highest BCUT2D eigenvalue weighted by molar-refractivity contribution is 7.89. The smallest absolute Gasteiger partial charge is 0.257 e. The molecule has 1 atom stereocenters. The molecule has 1 fully saturated rings. The van der Waals surface area contributed by atoms with Crippen LogP contribution >= 0.6 is 0 Å². The van der Waals surface area contributed by atoms with Gasteiger partial charge in [0.15, 0.2) is 0 Å². The van der Waals surface area contributed by atoms with Crippen molar-refractivity contribution in [1.82, 2.24) is 19.0 Å². The van der Waals surface area contributed by atoms with Crippen molar-refractivity contribution in [3.05, 3.63) is 42.2 Å². The highest BCUT2D eigenvalue weighted by atomic mass is 32.2. The number of aromatic nitrogens is 2. The van der Waals surface area contributed by atoms with Crippen LogP contribution in [0.5, 0.6) is 5.75 Å². The fraction of sp³-hybridized carbons (Fsp3) is 0.412. The molecular weight excluding hydrogens is 356 g/mol. The zero-order valence-electron chi connectivity index (χ0n) is 14.6. The summed E-state index contributed by atoms with van der Waals surface area (Å²) in [6.45, 7) is 1.03. The molecule has 3 heterocycles. The molecule has 0 radical (unpaired) electrons. The van der Waals surface area contributed by atoms with E-state index in [0.29, 0.717) is 30.8 Å². The zero-order valence-corrected chi connectivity index (χ0v) is 15.4. The van der Waals surface area contributed by atoms with Crippen molar-refractivity contribution in [3.8, 4) is 5.75 Å². The quantitative estimate of drug-likeness (QED) is 0.732. The Kier molecular flexibility index (Phi) is 3.81. The molecule has 2 aliphatic heterocycles. The number of ether oxygens (including phenoxy) is 1. The molecule has 2 aliphatic rings. The van der Waals surface area contributed by atoms with E-state index in [1.807, 2.05) is 0 Å². The lowest BCUT2D eigenvalue weighted by atomic mass is 10.0. The third kappa shape index (κ3) is 2.67. The molecule has 1 saturated heterocycles. The second-order valence-electron chi connectivity index (χ2n) is 6.87. The minimum absolute atomic E-state index is 0.124. The molecule has 1 amide bonds. The molecule has 1 aromatic carbocycles. The van der Waals surface area contributed by atoms with E-state index in [1.165, 1.54) is 10.5 Å². The second kappa shape index (κ2) is 5.82. The van der Waals surface area contributed by atoms with Gasteiger partial charge in [0.25, 0.3) is 5.91 Å². The lowest BCUT2D eigenvalue weighted by Crippen LogP contribution is -2.48. The maximum atomic E-state index is 12.8. The Morgan fingerprint density at radius 2 is 2.00 bits per heavy atom. The number of carbonyl (C=O) groups excluding carboxylic acids is 1. The van der Waals surface area contributed by atoms with Crippen LogP contribution in [0.2, 0.25) is 0 Å². The molecule has 8 nitrogen and oxygen atoms in total. The van der Waals surface area contributed by atoms with Crippen LogP contribution in [0, 0.1) is 0 Å². The van der Waals surface area contributed by atoms with Gasteiger partial charge < -0.3 is 9.64 Å². The van der Waals surface area contributed by atoms with Gasteiger partial charge in [0, 0.05) is 33.3 Å². The summed E-state index contributed by atoms with van der Waals surface area (Å²) in [5.41, 5.74) is -0.244. The number of aryl methyl sites for hydroxylation is 1. The zero-order chi connectivity index (χ0) is 18.5. The van der Waals surface area contributed by atoms with E-state index in [0.717, 1.165) is 0 Å². The standard InChI is InChI=1S/C17H20N4O4S/c1-19-10-13(9-18-19)16(22)21-8-7-17(12-21)11-20(2)26(23,24)15-6-4-3-5-14(15)25-17/h3-6,9-10H,7-8,11-12H2,1-2H3/t17-/m0/s1. The van der Waals surface area contributed by atoms with Crippen molar-refractivity contribution < 1.29 is 17.9 Å². The van der Waals surface area contributed by atoms with Crippen LogP contribution in [0.15, 0.2) is 41.6 Å². The van der Waals surface area contributed by atoms with E-state index in [9.17, 15) is 13.2 Å². The molecule has 0 N–H and O–H groups in total. The van der Waals surface area contributed by atoms with E-state index >= 15 is 0 Å². The van der Waals surface area contributed by atoms with Crippen LogP contribution in [0.3, 0.4) is 0 Å². The molecule has 4 rings (SSSR count). The average Bonchev–Trinajstić information content (AvgIpc) is 3.19. The molecule has 1 aromatic heterocycles. The maximum Gasteiger partial charge on any atom is 0.257 e. The van der Waals surface area contributed by atoms with E-state index < -0.39 is 15.6 Å². The average molecular weight is 376 g/mol. The molecular formula is C17H20N4O4S. The summed E-state index contributed by atoms with van der Waals surface area (Å²) in [7, 11) is -0.309. The van der Waals surface area contributed by atoms with Crippen molar-refractivity contribution in [2.75, 3.05) is 26.7 Å². The number of likely N-dealkylation sites (N-methyl/N-ethyl adjacent to an activating group) is 1. The van der Waals surface area contributed by atoms with Gasteiger partial charge in [0.1, 0.15) is 16.2 Å². The van der Waals surface area contributed by atoms with Gasteiger partial charge in [-0.15, -0.1) is 0 Å². The highest BCUT2D eigenvalue weighted by Gasteiger charge is 2.47. The third-order valence-electron chi connectivity index (χ3n) is 4.93. The van der Waals surface area contributed by atoms with E-state index in [1.54, 1.807) is 54.1 Å². The highest BCUT2D eigenvalue weighted by Crippen LogP contribution is 2.37. The van der Waals surface area contributed by atoms with Crippen molar-refractivity contribution in [2.45, 2.75) is 16.9 Å². The summed E-state index contributed by atoms with van der Waals surface area (Å²) in [5.74, 6) is 0.217. The molecule has 26 heavy (non-hydrogen) atoms. The molecule has 138 valence electrons. The Bertz CT molecular complexity index is 971. The molecule has 0 bridgehead atoms. The van der Waals surface area contributed by atoms with Gasteiger partial charge in [-0.25, -0.2) is 8.42 Å². The van der Waals surface area contributed by atoms with Crippen LogP contribution in [-0.4, -0.2) is 65.6 Å². The number of sulfonamides is 1. The van der Waals surface area contributed by atoms with Crippen LogP contribution in [0.25, 0.3) is 0 Å². The first-order chi connectivity index (χ1) is 12.3. The lowest BCUT2D eigenvalue weighted by molar-refractivity contribution is 0.0544. The van der Waals surface area contributed by atoms with Crippen LogP contribution in [0.1, 0.15) is 16.8 Å². The van der Waals surface area contributed by atoms with Gasteiger partial charge in [0.05, 0.1) is 24.8 Å². The number of carbonyl (C=O) groups is 1. The molecule has 0 aliphatic carbocycles. The van der Waals surface area contributed by atoms with Crippen molar-refractivity contribution in [3.63, 3.8) is 0 Å². The number of nitrogens with zero attached hydrogens (tertiary/aromatic N) is 4. The lowest BCUT2D eigenvalue weighted by Gasteiger charge is -2.30. The van der Waals surface area contributed by atoms with E-state index in [4.69, 9.17) is 4.74 Å². The molecule has 9 heteroatoms. The van der Waals surface area contributed by atoms with E-state index in [2.05, 4.69) is 5.10 Å². The Labute approximate surface area is 152 Å². The monoisotopic (exact) mass is 376 g/mol. The number of rotatable bonds is 1. The number of fused-ring (bicyclic) bond motifs is 1. The van der Waals surface area contributed by atoms with Gasteiger partial charge in [-0.3, -0.25) is 9.48 Å². The molecule has 1 spiro atoms. The first-order valence-electron chi connectivity index (χ1n) is 8.33. The molecule has 0 saturated carbocycles. The Morgan fingerprint density at radius 1 is 1.23 bits per heavy atom. The molecule has 2 aromatic rings. The van der Waals surface area contributed by atoms with Crippen LogP contribution in [0.4, 0.5) is 0 Å². The summed E-state index contributed by atoms with van der Waals surface area (Å²) < 4.78 is 34.6. The Morgan fingerprint density at radius 3 is 2.73 bits per heavy atom. The fourth-order valence-electron chi connectivity index (χ4n) is 3.62. The summed E-state index contributed by atoms with van der Waals surface area (Å²) in [4.78, 5) is 14.6. The predicted molar refractivity (Wildman–Crippen MR) is 93.3 cm³/mol. The van der Waals surface area contributed by atoms with E-state index in [-0.39, 0.29) is 17.3 Å². The SMILES string of the molecule is CN1C[C@]2(CCN(C(=O)c3cnn(C)c3)C2)Oc2ccccc2S1(=O)=O. The largest absolute Gasteiger partial charge is 0.483 e. The number of benzene rings is 1. The topological polar surface area (TPSA) is 84.7 Å². The summed E-state index contributed by atoms with van der Waals surface area (Å²) in [6, 6.07) is 6.65. The first kappa shape index (κ1) is 17.0. The van der Waals surface area contributed by atoms with Gasteiger partial charge in [-0.1, -0.05) is 12.1 Å². The number of hydrogen-bond donors (Lipinski definition) is 0. The Balaban J connectivity index is 1.65. The first-order valence-corrected chi connectivity index (χ1v) is 9.77. The second-order valence-corrected chi connectivity index (χ2v) is 8.89. The van der Waals surface area contributed by atoms with Gasteiger partial charge in [0.2, 0.25) is 10.0 Å². The number of para-hydroxylation sites is 1. The maximum absolute atomic E-state index is 12.8. The van der Waals surface area contributed by atoms with Gasteiger partial charge in [-0.2, -0.15) is 9.40 Å².